The van der Waals surface area contributed by atoms with Crippen LogP contribution in [0.3, 0.4) is 0 Å². The summed E-state index contributed by atoms with van der Waals surface area (Å²) in [6, 6.07) is 15.9. The van der Waals surface area contributed by atoms with Gasteiger partial charge < -0.3 is 10.1 Å². The average Bonchev–Trinajstić information content (AvgIpc) is 3.09. The fraction of sp³-hybridized carbons (Fsp3) is 0.350. The van der Waals surface area contributed by atoms with E-state index in [2.05, 4.69) is 36.5 Å². The number of nitrogens with one attached hydrogen (secondary N) is 1. The monoisotopic (exact) mass is 309 g/mol. The molecule has 0 unspecified atom stereocenters. The van der Waals surface area contributed by atoms with E-state index in [1.165, 1.54) is 5.56 Å². The summed E-state index contributed by atoms with van der Waals surface area (Å²) in [7, 11) is 0. The van der Waals surface area contributed by atoms with E-state index >= 15 is 0 Å². The van der Waals surface area contributed by atoms with E-state index in [1.54, 1.807) is 0 Å². The van der Waals surface area contributed by atoms with E-state index in [0.29, 0.717) is 6.61 Å². The number of hydrogen-bond acceptors (Lipinski definition) is 2. The molecular weight excluding hydrogens is 286 g/mol. The molecule has 0 aliphatic heterocycles. The summed E-state index contributed by atoms with van der Waals surface area (Å²) in [5, 5.41) is 3.01. The van der Waals surface area contributed by atoms with Gasteiger partial charge in [0.2, 0.25) is 5.91 Å². The Morgan fingerprint density at radius 2 is 1.87 bits per heavy atom. The molecule has 3 nitrogen and oxygen atoms in total. The highest BCUT2D eigenvalue weighted by Gasteiger charge is 2.22. The van der Waals surface area contributed by atoms with Gasteiger partial charge in [-0.25, -0.2) is 0 Å². The van der Waals surface area contributed by atoms with Crippen LogP contribution < -0.4 is 10.1 Å². The summed E-state index contributed by atoms with van der Waals surface area (Å²) in [6.07, 6.45) is 4.35. The first kappa shape index (κ1) is 15.6. The van der Waals surface area contributed by atoms with Gasteiger partial charge in [-0.2, -0.15) is 0 Å². The van der Waals surface area contributed by atoms with Crippen molar-refractivity contribution in [3.05, 3.63) is 59.7 Å². The maximum Gasteiger partial charge on any atom is 0.227 e. The molecule has 1 fully saturated rings. The highest BCUT2D eigenvalue weighted by Crippen LogP contribution is 2.26. The van der Waals surface area contributed by atoms with Gasteiger partial charge >= 0.3 is 0 Å². The first-order valence-electron chi connectivity index (χ1n) is 8.30. The van der Waals surface area contributed by atoms with Crippen LogP contribution in [0, 0.1) is 12.8 Å². The zero-order chi connectivity index (χ0) is 16.1. The van der Waals surface area contributed by atoms with Gasteiger partial charge in [0, 0.05) is 17.7 Å². The molecule has 2 aromatic rings. The Morgan fingerprint density at radius 1 is 1.13 bits per heavy atom. The molecule has 1 aliphatic rings. The third kappa shape index (κ3) is 4.35. The van der Waals surface area contributed by atoms with Gasteiger partial charge in [-0.15, -0.1) is 0 Å². The van der Waals surface area contributed by atoms with Gasteiger partial charge in [-0.05, 0) is 37.5 Å². The van der Waals surface area contributed by atoms with Gasteiger partial charge in [0.05, 0.1) is 0 Å². The number of amides is 1. The van der Waals surface area contributed by atoms with Crippen LogP contribution in [-0.2, 0) is 11.4 Å². The topological polar surface area (TPSA) is 38.3 Å². The van der Waals surface area contributed by atoms with E-state index in [9.17, 15) is 4.79 Å². The van der Waals surface area contributed by atoms with Crippen LogP contribution in [0.2, 0.25) is 0 Å². The third-order valence-electron chi connectivity index (χ3n) is 4.35. The zero-order valence-corrected chi connectivity index (χ0v) is 13.5. The Balaban J connectivity index is 1.58. The number of benzene rings is 2. The van der Waals surface area contributed by atoms with Gasteiger partial charge in [0.15, 0.2) is 0 Å². The van der Waals surface area contributed by atoms with E-state index < -0.39 is 0 Å². The van der Waals surface area contributed by atoms with Crippen molar-refractivity contribution in [2.75, 3.05) is 5.32 Å². The standard InChI is InChI=1S/C20H23NO2/c1-15-9-11-16(12-10-15)14-23-19-8-4-7-18(13-19)21-20(22)17-5-2-3-6-17/h4,7-13,17H,2-3,5-6,14H2,1H3,(H,21,22). The van der Waals surface area contributed by atoms with E-state index in [4.69, 9.17) is 4.74 Å². The first-order valence-corrected chi connectivity index (χ1v) is 8.30. The lowest BCUT2D eigenvalue weighted by molar-refractivity contribution is -0.119. The molecule has 0 radical (unpaired) electrons. The number of aryl methyl sites for hydroxylation is 1. The molecule has 2 aromatic carbocycles. The molecule has 0 aromatic heterocycles. The number of rotatable bonds is 5. The van der Waals surface area contributed by atoms with Crippen molar-refractivity contribution >= 4 is 11.6 Å². The zero-order valence-electron chi connectivity index (χ0n) is 13.5. The molecule has 23 heavy (non-hydrogen) atoms. The summed E-state index contributed by atoms with van der Waals surface area (Å²) < 4.78 is 5.83. The lowest BCUT2D eigenvalue weighted by Gasteiger charge is -2.12. The van der Waals surface area contributed by atoms with Crippen LogP contribution in [0.25, 0.3) is 0 Å². The maximum absolute atomic E-state index is 12.2. The lowest BCUT2D eigenvalue weighted by atomic mass is 10.1. The number of anilines is 1. The predicted octanol–water partition coefficient (Wildman–Crippen LogP) is 4.70. The van der Waals surface area contributed by atoms with E-state index in [-0.39, 0.29) is 11.8 Å². The molecule has 1 N–H and O–H groups in total. The van der Waals surface area contributed by atoms with Gasteiger partial charge in [-0.1, -0.05) is 48.7 Å². The molecule has 1 amide bonds. The van der Waals surface area contributed by atoms with Crippen molar-refractivity contribution in [2.45, 2.75) is 39.2 Å². The van der Waals surface area contributed by atoms with Crippen molar-refractivity contribution in [3.63, 3.8) is 0 Å². The lowest BCUT2D eigenvalue weighted by Crippen LogP contribution is -2.20. The molecular formula is C20H23NO2. The summed E-state index contributed by atoms with van der Waals surface area (Å²) in [5.74, 6) is 1.08. The Hall–Kier alpha value is -2.29. The molecule has 3 heteroatoms. The smallest absolute Gasteiger partial charge is 0.227 e. The minimum absolute atomic E-state index is 0.137. The summed E-state index contributed by atoms with van der Waals surface area (Å²) in [4.78, 5) is 12.2. The molecule has 0 spiro atoms. The number of ether oxygens (including phenoxy) is 1. The van der Waals surface area contributed by atoms with Crippen molar-refractivity contribution < 1.29 is 9.53 Å². The number of carbonyl (C=O) groups is 1. The predicted molar refractivity (Wildman–Crippen MR) is 92.5 cm³/mol. The second-order valence-corrected chi connectivity index (χ2v) is 6.27. The second kappa shape index (κ2) is 7.32. The van der Waals surface area contributed by atoms with Gasteiger partial charge in [-0.3, -0.25) is 4.79 Å². The van der Waals surface area contributed by atoms with Crippen molar-refractivity contribution in [2.24, 2.45) is 5.92 Å². The van der Waals surface area contributed by atoms with Gasteiger partial charge in [0.25, 0.3) is 0 Å². The molecule has 120 valence electrons. The normalized spacial score (nSPS) is 14.7. The molecule has 3 rings (SSSR count). The largest absolute Gasteiger partial charge is 0.489 e. The molecule has 0 atom stereocenters. The van der Waals surface area contributed by atoms with E-state index in [0.717, 1.165) is 42.7 Å². The van der Waals surface area contributed by atoms with Crippen LogP contribution in [0.4, 0.5) is 5.69 Å². The molecule has 0 heterocycles. The minimum atomic E-state index is 0.137. The van der Waals surface area contributed by atoms with Crippen molar-refractivity contribution in [1.29, 1.82) is 0 Å². The fourth-order valence-corrected chi connectivity index (χ4v) is 2.95. The van der Waals surface area contributed by atoms with Crippen LogP contribution in [0.15, 0.2) is 48.5 Å². The second-order valence-electron chi connectivity index (χ2n) is 6.27. The number of carbonyl (C=O) groups excluding carboxylic acids is 1. The Labute approximate surface area is 137 Å². The van der Waals surface area contributed by atoms with Crippen molar-refractivity contribution in [1.82, 2.24) is 0 Å². The van der Waals surface area contributed by atoms with Crippen molar-refractivity contribution in [3.8, 4) is 5.75 Å². The van der Waals surface area contributed by atoms with Crippen LogP contribution in [-0.4, -0.2) is 5.91 Å². The summed E-state index contributed by atoms with van der Waals surface area (Å²) in [6.45, 7) is 2.60. The minimum Gasteiger partial charge on any atom is -0.489 e. The Kier molecular flexibility index (Phi) is 4.96. The summed E-state index contributed by atoms with van der Waals surface area (Å²) in [5.41, 5.74) is 3.18. The average molecular weight is 309 g/mol. The molecule has 0 saturated heterocycles. The summed E-state index contributed by atoms with van der Waals surface area (Å²) >= 11 is 0. The van der Waals surface area contributed by atoms with Gasteiger partial charge in [0.1, 0.15) is 12.4 Å². The maximum atomic E-state index is 12.2. The third-order valence-corrected chi connectivity index (χ3v) is 4.35. The Bertz CT molecular complexity index is 658. The van der Waals surface area contributed by atoms with Crippen LogP contribution in [0.1, 0.15) is 36.8 Å². The molecule has 1 aliphatic carbocycles. The Morgan fingerprint density at radius 3 is 2.61 bits per heavy atom. The molecule has 1 saturated carbocycles. The van der Waals surface area contributed by atoms with Crippen LogP contribution >= 0.6 is 0 Å². The highest BCUT2D eigenvalue weighted by molar-refractivity contribution is 5.92. The molecule has 0 bridgehead atoms. The highest BCUT2D eigenvalue weighted by atomic mass is 16.5. The van der Waals surface area contributed by atoms with Crippen LogP contribution in [0.5, 0.6) is 5.75 Å². The number of hydrogen-bond donors (Lipinski definition) is 1. The fourth-order valence-electron chi connectivity index (χ4n) is 2.95. The SMILES string of the molecule is Cc1ccc(COc2cccc(NC(=O)C3CCCC3)c2)cc1. The first-order chi connectivity index (χ1) is 11.2. The quantitative estimate of drug-likeness (QED) is 0.869. The van der Waals surface area contributed by atoms with E-state index in [1.807, 2.05) is 24.3 Å².